The van der Waals surface area contributed by atoms with Crippen LogP contribution < -0.4 is 4.74 Å². The van der Waals surface area contributed by atoms with Gasteiger partial charge in [-0.25, -0.2) is 17.7 Å². The van der Waals surface area contributed by atoms with E-state index in [1.165, 1.54) is 10.6 Å². The lowest BCUT2D eigenvalue weighted by Gasteiger charge is -2.50. The number of benzene rings is 1. The van der Waals surface area contributed by atoms with Crippen molar-refractivity contribution in [3.05, 3.63) is 59.9 Å². The van der Waals surface area contributed by atoms with Crippen molar-refractivity contribution in [3.8, 4) is 5.75 Å². The summed E-state index contributed by atoms with van der Waals surface area (Å²) in [6, 6.07) is 12.1. The highest BCUT2D eigenvalue weighted by Gasteiger charge is 2.52. The van der Waals surface area contributed by atoms with Crippen LogP contribution in [0.2, 0.25) is 0 Å². The topological polar surface area (TPSA) is 75.1 Å². The lowest BCUT2D eigenvalue weighted by molar-refractivity contribution is -0.143. The van der Waals surface area contributed by atoms with Crippen molar-refractivity contribution in [2.24, 2.45) is 5.10 Å². The number of hydrogen-bond donors (Lipinski definition) is 0. The van der Waals surface area contributed by atoms with Crippen LogP contribution in [0.3, 0.4) is 0 Å². The van der Waals surface area contributed by atoms with Gasteiger partial charge in [-0.2, -0.15) is 5.10 Å². The standard InChI is InChI=1S/C20H22N4O3S/c1-28(25,26)23-11-8-20(9-12-23)24-18(16-6-2-3-7-19(16)27-20)13-17(22-24)15-5-4-10-21-14-15/h2-7,10,14,18H,8-9,11-13H2,1H3/t18-/m0/s1. The van der Waals surface area contributed by atoms with Gasteiger partial charge in [0.25, 0.3) is 0 Å². The smallest absolute Gasteiger partial charge is 0.211 e. The molecule has 1 spiro atoms. The normalized spacial score (nSPS) is 23.7. The third-order valence-corrected chi connectivity index (χ3v) is 7.18. The second-order valence-electron chi connectivity index (χ2n) is 7.60. The first-order valence-electron chi connectivity index (χ1n) is 9.47. The maximum atomic E-state index is 12.0. The van der Waals surface area contributed by atoms with Crippen molar-refractivity contribution in [2.45, 2.75) is 31.0 Å². The summed E-state index contributed by atoms with van der Waals surface area (Å²) in [5.41, 5.74) is 2.51. The van der Waals surface area contributed by atoms with Gasteiger partial charge in [0.1, 0.15) is 5.75 Å². The average molecular weight is 398 g/mol. The largest absolute Gasteiger partial charge is 0.466 e. The van der Waals surface area contributed by atoms with Gasteiger partial charge >= 0.3 is 0 Å². The van der Waals surface area contributed by atoms with Gasteiger partial charge in [-0.05, 0) is 12.1 Å². The Hall–Kier alpha value is -2.45. The first-order chi connectivity index (χ1) is 13.5. The van der Waals surface area contributed by atoms with Crippen molar-refractivity contribution < 1.29 is 13.2 Å². The van der Waals surface area contributed by atoms with Crippen molar-refractivity contribution in [3.63, 3.8) is 0 Å². The Balaban J connectivity index is 1.54. The molecule has 0 aliphatic carbocycles. The summed E-state index contributed by atoms with van der Waals surface area (Å²) >= 11 is 0. The number of fused-ring (bicyclic) bond motifs is 4. The van der Waals surface area contributed by atoms with Gasteiger partial charge in [-0.3, -0.25) is 4.98 Å². The predicted octanol–water partition coefficient (Wildman–Crippen LogP) is 2.38. The predicted molar refractivity (Wildman–Crippen MR) is 105 cm³/mol. The molecule has 3 aliphatic heterocycles. The Morgan fingerprint density at radius 1 is 1.14 bits per heavy atom. The SMILES string of the molecule is CS(=O)(=O)N1CCC2(CC1)Oc1ccccc1[C@@H]1CC(c3cccnc3)=NN12. The molecular formula is C20H22N4O3S. The first kappa shape index (κ1) is 17.6. The Bertz CT molecular complexity index is 1030. The summed E-state index contributed by atoms with van der Waals surface area (Å²) in [6.07, 6.45) is 6.79. The number of hydrogen-bond acceptors (Lipinski definition) is 6. The fraction of sp³-hybridized carbons (Fsp3) is 0.400. The second-order valence-corrected chi connectivity index (χ2v) is 9.58. The van der Waals surface area contributed by atoms with Crippen molar-refractivity contribution >= 4 is 15.7 Å². The molecule has 1 atom stereocenters. The molecule has 0 bridgehead atoms. The van der Waals surface area contributed by atoms with E-state index in [9.17, 15) is 8.42 Å². The fourth-order valence-corrected chi connectivity index (χ4v) is 5.28. The van der Waals surface area contributed by atoms with Crippen LogP contribution in [0.25, 0.3) is 0 Å². The van der Waals surface area contributed by atoms with E-state index in [4.69, 9.17) is 9.84 Å². The average Bonchev–Trinajstić information content (AvgIpc) is 3.15. The number of nitrogens with zero attached hydrogens (tertiary/aromatic N) is 4. The number of pyridine rings is 1. The van der Waals surface area contributed by atoms with Crippen LogP contribution in [0.1, 0.15) is 36.4 Å². The molecule has 4 heterocycles. The van der Waals surface area contributed by atoms with E-state index in [0.717, 1.165) is 29.0 Å². The zero-order valence-corrected chi connectivity index (χ0v) is 16.5. The van der Waals surface area contributed by atoms with Crippen LogP contribution in [0.15, 0.2) is 53.9 Å². The monoisotopic (exact) mass is 398 g/mol. The summed E-state index contributed by atoms with van der Waals surface area (Å²) in [6.45, 7) is 0.865. The van der Waals surface area contributed by atoms with Gasteiger partial charge in [0.15, 0.2) is 0 Å². The lowest BCUT2D eigenvalue weighted by Crippen LogP contribution is -2.59. The molecular weight excluding hydrogens is 376 g/mol. The number of ether oxygens (including phenoxy) is 1. The molecule has 2 aromatic rings. The molecule has 8 heteroatoms. The molecule has 5 rings (SSSR count). The van der Waals surface area contributed by atoms with Crippen LogP contribution in [0, 0.1) is 0 Å². The molecule has 1 saturated heterocycles. The summed E-state index contributed by atoms with van der Waals surface area (Å²) in [5.74, 6) is 0.874. The highest BCUT2D eigenvalue weighted by Crippen LogP contribution is 2.49. The number of para-hydroxylation sites is 1. The Kier molecular flexibility index (Phi) is 3.96. The highest BCUT2D eigenvalue weighted by atomic mass is 32.2. The molecule has 1 fully saturated rings. The lowest BCUT2D eigenvalue weighted by atomic mass is 9.91. The third kappa shape index (κ3) is 2.79. The highest BCUT2D eigenvalue weighted by molar-refractivity contribution is 7.88. The van der Waals surface area contributed by atoms with E-state index < -0.39 is 15.7 Å². The maximum absolute atomic E-state index is 12.0. The quantitative estimate of drug-likeness (QED) is 0.776. The molecule has 0 radical (unpaired) electrons. The van der Waals surface area contributed by atoms with Crippen LogP contribution in [0.5, 0.6) is 5.75 Å². The fourth-order valence-electron chi connectivity index (χ4n) is 4.43. The maximum Gasteiger partial charge on any atom is 0.211 e. The summed E-state index contributed by atoms with van der Waals surface area (Å²) in [5, 5.41) is 7.04. The van der Waals surface area contributed by atoms with E-state index in [2.05, 4.69) is 16.1 Å². The Morgan fingerprint density at radius 3 is 2.64 bits per heavy atom. The van der Waals surface area contributed by atoms with E-state index in [1.54, 1.807) is 6.20 Å². The van der Waals surface area contributed by atoms with Gasteiger partial charge in [0.05, 0.1) is 18.0 Å². The van der Waals surface area contributed by atoms with Crippen molar-refractivity contribution in [1.29, 1.82) is 0 Å². The number of rotatable bonds is 2. The van der Waals surface area contributed by atoms with E-state index in [1.807, 2.05) is 36.5 Å². The molecule has 146 valence electrons. The van der Waals surface area contributed by atoms with Crippen LogP contribution in [-0.2, 0) is 10.0 Å². The van der Waals surface area contributed by atoms with E-state index in [0.29, 0.717) is 25.9 Å². The van der Waals surface area contributed by atoms with Crippen molar-refractivity contribution in [2.75, 3.05) is 19.3 Å². The minimum Gasteiger partial charge on any atom is -0.466 e. The minimum atomic E-state index is -3.20. The van der Waals surface area contributed by atoms with Gasteiger partial charge in [0.2, 0.25) is 15.7 Å². The first-order valence-corrected chi connectivity index (χ1v) is 11.3. The van der Waals surface area contributed by atoms with Gasteiger partial charge in [0, 0.05) is 55.9 Å². The summed E-state index contributed by atoms with van der Waals surface area (Å²) in [7, 11) is -3.20. The minimum absolute atomic E-state index is 0.0879. The van der Waals surface area contributed by atoms with Crippen LogP contribution in [-0.4, -0.2) is 53.5 Å². The van der Waals surface area contributed by atoms with Crippen molar-refractivity contribution in [1.82, 2.24) is 14.3 Å². The molecule has 3 aliphatic rings. The number of piperidine rings is 1. The molecule has 7 nitrogen and oxygen atoms in total. The van der Waals surface area contributed by atoms with Gasteiger partial charge < -0.3 is 4.74 Å². The van der Waals surface area contributed by atoms with E-state index >= 15 is 0 Å². The molecule has 0 saturated carbocycles. The molecule has 1 aromatic heterocycles. The molecule has 0 unspecified atom stereocenters. The number of hydrazone groups is 1. The number of aromatic nitrogens is 1. The summed E-state index contributed by atoms with van der Waals surface area (Å²) < 4.78 is 31.9. The Labute approximate surface area is 164 Å². The molecule has 0 amide bonds. The molecule has 1 aromatic carbocycles. The van der Waals surface area contributed by atoms with Crippen LogP contribution in [0.4, 0.5) is 0 Å². The summed E-state index contributed by atoms with van der Waals surface area (Å²) in [4.78, 5) is 4.23. The van der Waals surface area contributed by atoms with Gasteiger partial charge in [-0.15, -0.1) is 0 Å². The van der Waals surface area contributed by atoms with E-state index in [-0.39, 0.29) is 6.04 Å². The zero-order chi connectivity index (χ0) is 19.4. The molecule has 28 heavy (non-hydrogen) atoms. The zero-order valence-electron chi connectivity index (χ0n) is 15.7. The Morgan fingerprint density at radius 2 is 1.93 bits per heavy atom. The van der Waals surface area contributed by atoms with Gasteiger partial charge in [-0.1, -0.05) is 24.3 Å². The van der Waals surface area contributed by atoms with Crippen LogP contribution >= 0.6 is 0 Å². The molecule has 0 N–H and O–H groups in total. The third-order valence-electron chi connectivity index (χ3n) is 5.87. The number of sulfonamides is 1. The second kappa shape index (κ2) is 6.28.